The number of benzene rings is 2. The maximum Gasteiger partial charge on any atom is 0.240 e. The van der Waals surface area contributed by atoms with Crippen molar-refractivity contribution in [2.45, 2.75) is 26.8 Å². The molecule has 0 saturated heterocycles. The first-order chi connectivity index (χ1) is 15.4. The first kappa shape index (κ1) is 21.8. The molecule has 0 spiro atoms. The van der Waals surface area contributed by atoms with E-state index in [0.29, 0.717) is 17.9 Å². The van der Waals surface area contributed by atoms with Crippen molar-refractivity contribution in [3.8, 4) is 5.75 Å². The monoisotopic (exact) mass is 447 g/mol. The summed E-state index contributed by atoms with van der Waals surface area (Å²) in [4.78, 5) is 33.3. The number of aryl methyl sites for hydroxylation is 2. The lowest BCUT2D eigenvalue weighted by molar-refractivity contribution is -0.123. The number of nitrogens with zero attached hydrogens (tertiary/aromatic N) is 2. The standard InChI is InChI=1S/C25H25N3O3S/c1-16-11-20-22(12-17(16)2)28(25(30)13-21(27-20)23-5-4-10-32-23)15-24(29)26-14-18-6-8-19(31-3)9-7-18/h4-12H,13-15H2,1-3H3,(H,26,29). The molecule has 164 valence electrons. The van der Waals surface area contributed by atoms with Crippen molar-refractivity contribution < 1.29 is 14.3 Å². The number of fused-ring (bicyclic) bond motifs is 1. The lowest BCUT2D eigenvalue weighted by Crippen LogP contribution is -2.41. The zero-order valence-corrected chi connectivity index (χ0v) is 19.2. The van der Waals surface area contributed by atoms with Crippen LogP contribution in [0.25, 0.3) is 0 Å². The van der Waals surface area contributed by atoms with Gasteiger partial charge >= 0.3 is 0 Å². The third-order valence-electron chi connectivity index (χ3n) is 5.51. The van der Waals surface area contributed by atoms with Crippen LogP contribution in [0.5, 0.6) is 5.75 Å². The van der Waals surface area contributed by atoms with Gasteiger partial charge in [0.25, 0.3) is 0 Å². The minimum absolute atomic E-state index is 0.0578. The van der Waals surface area contributed by atoms with Crippen molar-refractivity contribution in [2.24, 2.45) is 4.99 Å². The van der Waals surface area contributed by atoms with Crippen LogP contribution in [-0.2, 0) is 16.1 Å². The maximum absolute atomic E-state index is 13.2. The number of hydrogen-bond acceptors (Lipinski definition) is 5. The van der Waals surface area contributed by atoms with Gasteiger partial charge in [0.1, 0.15) is 12.3 Å². The summed E-state index contributed by atoms with van der Waals surface area (Å²) in [6, 6.07) is 15.4. The molecule has 7 heteroatoms. The van der Waals surface area contributed by atoms with E-state index in [2.05, 4.69) is 5.32 Å². The molecule has 0 bridgehead atoms. The summed E-state index contributed by atoms with van der Waals surface area (Å²) in [6.07, 6.45) is 0.152. The Balaban J connectivity index is 1.55. The number of hydrogen-bond donors (Lipinski definition) is 1. The fourth-order valence-electron chi connectivity index (χ4n) is 3.55. The molecule has 1 aliphatic heterocycles. The summed E-state index contributed by atoms with van der Waals surface area (Å²) >= 11 is 1.56. The highest BCUT2D eigenvalue weighted by Gasteiger charge is 2.27. The first-order valence-corrected chi connectivity index (χ1v) is 11.2. The highest BCUT2D eigenvalue weighted by molar-refractivity contribution is 7.12. The van der Waals surface area contributed by atoms with E-state index in [1.165, 1.54) is 0 Å². The van der Waals surface area contributed by atoms with Crippen molar-refractivity contribution in [3.05, 3.63) is 75.5 Å². The Hall–Kier alpha value is -3.45. The topological polar surface area (TPSA) is 71.0 Å². The molecule has 1 N–H and O–H groups in total. The molecule has 0 fully saturated rings. The summed E-state index contributed by atoms with van der Waals surface area (Å²) in [5, 5.41) is 4.88. The summed E-state index contributed by atoms with van der Waals surface area (Å²) in [7, 11) is 1.61. The number of carbonyl (C=O) groups is 2. The van der Waals surface area contributed by atoms with Crippen LogP contribution in [0.3, 0.4) is 0 Å². The normalized spacial score (nSPS) is 13.3. The van der Waals surface area contributed by atoms with Crippen LogP contribution in [0.4, 0.5) is 11.4 Å². The van der Waals surface area contributed by atoms with Crippen LogP contribution < -0.4 is 15.0 Å². The second-order valence-electron chi connectivity index (χ2n) is 7.74. The lowest BCUT2D eigenvalue weighted by atomic mass is 10.1. The zero-order chi connectivity index (χ0) is 22.7. The Bertz CT molecular complexity index is 1170. The summed E-state index contributed by atoms with van der Waals surface area (Å²) in [5.74, 6) is 0.399. The van der Waals surface area contributed by atoms with Crippen molar-refractivity contribution in [2.75, 3.05) is 18.6 Å². The third-order valence-corrected chi connectivity index (χ3v) is 6.43. The first-order valence-electron chi connectivity index (χ1n) is 10.4. The van der Waals surface area contributed by atoms with Crippen molar-refractivity contribution >= 4 is 40.2 Å². The minimum atomic E-state index is -0.224. The predicted octanol–water partition coefficient (Wildman–Crippen LogP) is 4.55. The van der Waals surface area contributed by atoms with Crippen molar-refractivity contribution in [1.82, 2.24) is 5.32 Å². The van der Waals surface area contributed by atoms with Gasteiger partial charge in [0, 0.05) is 11.4 Å². The molecule has 1 aromatic heterocycles. The second-order valence-corrected chi connectivity index (χ2v) is 8.69. The van der Waals surface area contributed by atoms with Crippen LogP contribution in [0.2, 0.25) is 0 Å². The van der Waals surface area contributed by atoms with Crippen LogP contribution >= 0.6 is 11.3 Å². The number of ether oxygens (including phenoxy) is 1. The molecule has 0 unspecified atom stereocenters. The van der Waals surface area contributed by atoms with E-state index in [0.717, 1.165) is 33.0 Å². The fraction of sp³-hybridized carbons (Fsp3) is 0.240. The van der Waals surface area contributed by atoms with Gasteiger partial charge in [-0.3, -0.25) is 9.59 Å². The molecule has 0 atom stereocenters. The van der Waals surface area contributed by atoms with Gasteiger partial charge < -0.3 is 15.0 Å². The molecule has 2 heterocycles. The van der Waals surface area contributed by atoms with Gasteiger partial charge in [0.05, 0.1) is 30.6 Å². The van der Waals surface area contributed by atoms with E-state index in [-0.39, 0.29) is 24.8 Å². The molecule has 0 aliphatic carbocycles. The van der Waals surface area contributed by atoms with E-state index >= 15 is 0 Å². The molecule has 0 radical (unpaired) electrons. The highest BCUT2D eigenvalue weighted by Crippen LogP contribution is 2.36. The maximum atomic E-state index is 13.2. The Kier molecular flexibility index (Phi) is 6.37. The van der Waals surface area contributed by atoms with Crippen LogP contribution in [0.1, 0.15) is 28.0 Å². The van der Waals surface area contributed by atoms with Crippen molar-refractivity contribution in [1.29, 1.82) is 0 Å². The Morgan fingerprint density at radius 3 is 2.59 bits per heavy atom. The number of amides is 2. The largest absolute Gasteiger partial charge is 0.497 e. The predicted molar refractivity (Wildman–Crippen MR) is 128 cm³/mol. The Labute approximate surface area is 191 Å². The van der Waals surface area contributed by atoms with Crippen LogP contribution in [-0.4, -0.2) is 31.2 Å². The molecule has 4 rings (SSSR count). The fourth-order valence-corrected chi connectivity index (χ4v) is 4.27. The quantitative estimate of drug-likeness (QED) is 0.603. The molecular weight excluding hydrogens is 422 g/mol. The number of carbonyl (C=O) groups excluding carboxylic acids is 2. The van der Waals surface area contributed by atoms with Gasteiger partial charge in [-0.25, -0.2) is 4.99 Å². The minimum Gasteiger partial charge on any atom is -0.497 e. The van der Waals surface area contributed by atoms with Gasteiger partial charge in [-0.15, -0.1) is 11.3 Å². The number of anilines is 1. The second kappa shape index (κ2) is 9.36. The van der Waals surface area contributed by atoms with E-state index in [1.54, 1.807) is 23.3 Å². The molecular formula is C25H25N3O3S. The average molecular weight is 448 g/mol. The Morgan fingerprint density at radius 1 is 1.16 bits per heavy atom. The molecule has 32 heavy (non-hydrogen) atoms. The molecule has 0 saturated carbocycles. The van der Waals surface area contributed by atoms with E-state index < -0.39 is 0 Å². The van der Waals surface area contributed by atoms with Gasteiger partial charge in [-0.1, -0.05) is 18.2 Å². The Morgan fingerprint density at radius 2 is 1.91 bits per heavy atom. The number of rotatable bonds is 6. The zero-order valence-electron chi connectivity index (χ0n) is 18.3. The molecule has 3 aromatic rings. The number of methoxy groups -OCH3 is 1. The number of thiophene rings is 1. The summed E-state index contributed by atoms with van der Waals surface area (Å²) in [6.45, 7) is 4.34. The highest BCUT2D eigenvalue weighted by atomic mass is 32.1. The van der Waals surface area contributed by atoms with Gasteiger partial charge in [-0.2, -0.15) is 0 Å². The smallest absolute Gasteiger partial charge is 0.240 e. The van der Waals surface area contributed by atoms with Gasteiger partial charge in [0.2, 0.25) is 11.8 Å². The summed E-state index contributed by atoms with van der Waals surface area (Å²) < 4.78 is 5.16. The van der Waals surface area contributed by atoms with E-state index in [4.69, 9.17) is 9.73 Å². The lowest BCUT2D eigenvalue weighted by Gasteiger charge is -2.23. The van der Waals surface area contributed by atoms with Crippen molar-refractivity contribution in [3.63, 3.8) is 0 Å². The average Bonchev–Trinajstić information content (AvgIpc) is 3.29. The molecule has 2 aromatic carbocycles. The summed E-state index contributed by atoms with van der Waals surface area (Å²) in [5.41, 5.74) is 5.22. The molecule has 6 nitrogen and oxygen atoms in total. The van der Waals surface area contributed by atoms with Crippen LogP contribution in [0, 0.1) is 13.8 Å². The SMILES string of the molecule is COc1ccc(CNC(=O)CN2C(=O)CC(c3cccs3)=Nc3cc(C)c(C)cc32)cc1. The van der Waals surface area contributed by atoms with E-state index in [1.807, 2.05) is 67.8 Å². The van der Waals surface area contributed by atoms with Crippen LogP contribution in [0.15, 0.2) is 58.9 Å². The van der Waals surface area contributed by atoms with Gasteiger partial charge in [-0.05, 0) is 66.2 Å². The molecule has 2 amide bonds. The molecule has 1 aliphatic rings. The van der Waals surface area contributed by atoms with Gasteiger partial charge in [0.15, 0.2) is 0 Å². The van der Waals surface area contributed by atoms with E-state index in [9.17, 15) is 9.59 Å². The third kappa shape index (κ3) is 4.73. The number of aliphatic imine (C=N–C) groups is 1. The number of nitrogens with one attached hydrogen (secondary N) is 1.